The van der Waals surface area contributed by atoms with Crippen molar-refractivity contribution in [3.63, 3.8) is 0 Å². The molecule has 0 aliphatic carbocycles. The van der Waals surface area contributed by atoms with Gasteiger partial charge in [0, 0.05) is 44.8 Å². The first-order valence-electron chi connectivity index (χ1n) is 9.36. The summed E-state index contributed by atoms with van der Waals surface area (Å²) < 4.78 is 7.11. The van der Waals surface area contributed by atoms with Gasteiger partial charge in [-0.3, -0.25) is 4.90 Å². The third-order valence-corrected chi connectivity index (χ3v) is 6.10. The monoisotopic (exact) mass is 470 g/mol. The Morgan fingerprint density at radius 3 is 2.81 bits per heavy atom. The third-order valence-electron chi connectivity index (χ3n) is 5.02. The molecule has 1 heterocycles. The van der Waals surface area contributed by atoms with Gasteiger partial charge >= 0.3 is 0 Å². The quantitative estimate of drug-likeness (QED) is 0.517. The summed E-state index contributed by atoms with van der Waals surface area (Å²) in [5, 5.41) is 4.86. The van der Waals surface area contributed by atoms with E-state index in [1.807, 2.05) is 24.3 Å². The topological polar surface area (TPSA) is 24.5 Å². The maximum absolute atomic E-state index is 6.26. The number of ether oxygens (including phenoxy) is 1. The van der Waals surface area contributed by atoms with Crippen LogP contribution in [0, 0.1) is 0 Å². The van der Waals surface area contributed by atoms with Crippen LogP contribution in [0.5, 0.6) is 5.75 Å². The molecule has 27 heavy (non-hydrogen) atoms. The van der Waals surface area contributed by atoms with Crippen molar-refractivity contribution in [1.82, 2.24) is 10.2 Å². The number of likely N-dealkylation sites (N-methyl/N-ethyl adjacent to an activating group) is 1. The van der Waals surface area contributed by atoms with E-state index in [1.165, 1.54) is 19.4 Å². The molecule has 1 aliphatic rings. The van der Waals surface area contributed by atoms with E-state index in [1.54, 1.807) is 6.07 Å². The van der Waals surface area contributed by atoms with E-state index in [0.717, 1.165) is 41.0 Å². The van der Waals surface area contributed by atoms with Gasteiger partial charge in [0.2, 0.25) is 0 Å². The number of hydrogen-bond acceptors (Lipinski definition) is 3. The highest BCUT2D eigenvalue weighted by molar-refractivity contribution is 9.10. The maximum Gasteiger partial charge on any atom is 0.124 e. The summed E-state index contributed by atoms with van der Waals surface area (Å²) in [6.45, 7) is 6.77. The Hall–Kier alpha value is -0.780. The van der Waals surface area contributed by atoms with Gasteiger partial charge in [-0.05, 0) is 56.3 Å². The molecule has 1 N–H and O–H groups in total. The van der Waals surface area contributed by atoms with Crippen LogP contribution in [0.4, 0.5) is 0 Å². The highest BCUT2D eigenvalue weighted by Crippen LogP contribution is 2.27. The van der Waals surface area contributed by atoms with Gasteiger partial charge in [-0.15, -0.1) is 0 Å². The Balaban J connectivity index is 1.60. The van der Waals surface area contributed by atoms with Crippen molar-refractivity contribution in [2.24, 2.45) is 0 Å². The normalized spacial score (nSPS) is 17.4. The van der Waals surface area contributed by atoms with Gasteiger partial charge < -0.3 is 10.1 Å². The first-order valence-corrected chi connectivity index (χ1v) is 10.9. The van der Waals surface area contributed by atoms with Gasteiger partial charge in [-0.25, -0.2) is 0 Å². The van der Waals surface area contributed by atoms with Crippen LogP contribution in [0.2, 0.25) is 10.0 Å². The van der Waals surface area contributed by atoms with Crippen molar-refractivity contribution < 1.29 is 4.74 Å². The molecule has 2 aromatic rings. The Morgan fingerprint density at radius 1 is 1.19 bits per heavy atom. The number of likely N-dealkylation sites (tertiary alicyclic amines) is 1. The molecule has 6 heteroatoms. The first kappa shape index (κ1) is 20.9. The van der Waals surface area contributed by atoms with Gasteiger partial charge in [0.1, 0.15) is 12.4 Å². The van der Waals surface area contributed by atoms with Gasteiger partial charge in [0.15, 0.2) is 0 Å². The Morgan fingerprint density at radius 2 is 2.04 bits per heavy atom. The summed E-state index contributed by atoms with van der Waals surface area (Å²) in [7, 11) is 0. The lowest BCUT2D eigenvalue weighted by Crippen LogP contribution is -2.37. The molecule has 1 aliphatic heterocycles. The molecule has 0 unspecified atom stereocenters. The fraction of sp³-hybridized carbons (Fsp3) is 0.429. The Kier molecular flexibility index (Phi) is 7.86. The van der Waals surface area contributed by atoms with Crippen molar-refractivity contribution in [1.29, 1.82) is 0 Å². The van der Waals surface area contributed by atoms with E-state index in [-0.39, 0.29) is 0 Å². The lowest BCUT2D eigenvalue weighted by molar-refractivity contribution is 0.259. The number of halogens is 3. The van der Waals surface area contributed by atoms with E-state index in [2.05, 4.69) is 39.1 Å². The molecule has 146 valence electrons. The molecule has 0 amide bonds. The predicted octanol–water partition coefficient (Wildman–Crippen LogP) is 5.91. The summed E-state index contributed by atoms with van der Waals surface area (Å²) in [5.41, 5.74) is 2.06. The molecule has 2 aromatic carbocycles. The molecule has 1 saturated heterocycles. The molecule has 0 bridgehead atoms. The lowest BCUT2D eigenvalue weighted by Gasteiger charge is -2.23. The number of benzene rings is 2. The van der Waals surface area contributed by atoms with Crippen molar-refractivity contribution in [3.05, 3.63) is 62.0 Å². The molecule has 3 rings (SSSR count). The van der Waals surface area contributed by atoms with E-state index >= 15 is 0 Å². The Labute approximate surface area is 180 Å². The van der Waals surface area contributed by atoms with Crippen LogP contribution >= 0.6 is 39.1 Å². The molecule has 1 atom stereocenters. The van der Waals surface area contributed by atoms with Crippen LogP contribution in [0.25, 0.3) is 0 Å². The summed E-state index contributed by atoms with van der Waals surface area (Å²) in [6, 6.07) is 12.2. The smallest absolute Gasteiger partial charge is 0.124 e. The fourth-order valence-corrected chi connectivity index (χ4v) is 4.41. The SMILES string of the molecule is CCN1CCC[C@H]1CNCc1cc(Br)ccc1OCc1ccc(Cl)cc1Cl. The zero-order valence-corrected chi connectivity index (χ0v) is 18.6. The summed E-state index contributed by atoms with van der Waals surface area (Å²) in [5.74, 6) is 0.871. The minimum absolute atomic E-state index is 0.414. The minimum atomic E-state index is 0.414. The molecular formula is C21H25BrCl2N2O. The average Bonchev–Trinajstić information content (AvgIpc) is 3.10. The van der Waals surface area contributed by atoms with Crippen molar-refractivity contribution in [2.45, 2.75) is 39.0 Å². The van der Waals surface area contributed by atoms with Gasteiger partial charge in [-0.2, -0.15) is 0 Å². The van der Waals surface area contributed by atoms with Crippen molar-refractivity contribution in [2.75, 3.05) is 19.6 Å². The minimum Gasteiger partial charge on any atom is -0.489 e. The summed E-state index contributed by atoms with van der Waals surface area (Å²) >= 11 is 15.8. The molecule has 0 aromatic heterocycles. The van der Waals surface area contributed by atoms with Crippen molar-refractivity contribution in [3.8, 4) is 5.75 Å². The molecule has 0 saturated carbocycles. The second kappa shape index (κ2) is 10.1. The maximum atomic E-state index is 6.26. The second-order valence-corrected chi connectivity index (χ2v) is 8.59. The Bertz CT molecular complexity index is 772. The van der Waals surface area contributed by atoms with E-state index < -0.39 is 0 Å². The number of rotatable bonds is 8. The van der Waals surface area contributed by atoms with E-state index in [0.29, 0.717) is 22.7 Å². The predicted molar refractivity (Wildman–Crippen MR) is 117 cm³/mol. The van der Waals surface area contributed by atoms with Gasteiger partial charge in [0.25, 0.3) is 0 Å². The van der Waals surface area contributed by atoms with Gasteiger partial charge in [-0.1, -0.05) is 52.1 Å². The highest BCUT2D eigenvalue weighted by Gasteiger charge is 2.22. The van der Waals surface area contributed by atoms with Crippen LogP contribution in [-0.2, 0) is 13.2 Å². The molecule has 0 radical (unpaired) electrons. The standard InChI is InChI=1S/C21H25BrCl2N2O/c1-2-26-9-3-4-19(26)13-25-12-16-10-17(22)6-8-21(16)27-14-15-5-7-18(23)11-20(15)24/h5-8,10-11,19,25H,2-4,9,12-14H2,1H3/t19-/m0/s1. The third kappa shape index (κ3) is 5.85. The lowest BCUT2D eigenvalue weighted by atomic mass is 10.1. The molecule has 1 fully saturated rings. The first-order chi connectivity index (χ1) is 13.1. The molecule has 3 nitrogen and oxygen atoms in total. The number of nitrogens with zero attached hydrogens (tertiary/aromatic N) is 1. The van der Waals surface area contributed by atoms with Gasteiger partial charge in [0.05, 0.1) is 0 Å². The number of hydrogen-bond donors (Lipinski definition) is 1. The van der Waals surface area contributed by atoms with Crippen LogP contribution in [-0.4, -0.2) is 30.6 Å². The highest BCUT2D eigenvalue weighted by atomic mass is 79.9. The number of nitrogens with one attached hydrogen (secondary N) is 1. The zero-order chi connectivity index (χ0) is 19.2. The second-order valence-electron chi connectivity index (χ2n) is 6.83. The summed E-state index contributed by atoms with van der Waals surface area (Å²) in [4.78, 5) is 2.55. The average molecular weight is 472 g/mol. The molecular weight excluding hydrogens is 447 g/mol. The largest absolute Gasteiger partial charge is 0.489 e. The van der Waals surface area contributed by atoms with Crippen LogP contribution in [0.3, 0.4) is 0 Å². The summed E-state index contributed by atoms with van der Waals surface area (Å²) in [6.07, 6.45) is 2.57. The van der Waals surface area contributed by atoms with Crippen LogP contribution < -0.4 is 10.1 Å². The van der Waals surface area contributed by atoms with Crippen LogP contribution in [0.15, 0.2) is 40.9 Å². The van der Waals surface area contributed by atoms with E-state index in [9.17, 15) is 0 Å². The van der Waals surface area contributed by atoms with Crippen LogP contribution in [0.1, 0.15) is 30.9 Å². The zero-order valence-electron chi connectivity index (χ0n) is 15.5. The van der Waals surface area contributed by atoms with Crippen molar-refractivity contribution >= 4 is 39.1 Å². The molecule has 0 spiro atoms. The fourth-order valence-electron chi connectivity index (χ4n) is 3.54. The van der Waals surface area contributed by atoms with E-state index in [4.69, 9.17) is 27.9 Å².